The van der Waals surface area contributed by atoms with E-state index in [2.05, 4.69) is 35.8 Å². The number of nitrogens with one attached hydrogen (secondary N) is 1. The van der Waals surface area contributed by atoms with Crippen LogP contribution >= 0.6 is 47.3 Å². The molecule has 21 heteroatoms. The molecule has 0 bridgehead atoms. The summed E-state index contributed by atoms with van der Waals surface area (Å²) in [6.45, 7) is -1.75. The Hall–Kier alpha value is -3.10. The van der Waals surface area contributed by atoms with Crippen molar-refractivity contribution in [2.24, 2.45) is 12.2 Å². The number of carbonyl (C=O) groups is 3. The van der Waals surface area contributed by atoms with Gasteiger partial charge in [-0.2, -0.15) is 13.2 Å². The van der Waals surface area contributed by atoms with Crippen LogP contribution in [0.5, 0.6) is 0 Å². The number of nitrogens with two attached hydrogens (primary N) is 1. The van der Waals surface area contributed by atoms with Crippen LogP contribution in [0.15, 0.2) is 27.0 Å². The standard InChI is InChI=1S/C17H16F3N9O5S3.ClH/c1-28-16(24-26-27-28)37-3-6-2-35-13-9(12(31)29(13)10(6)14(32)33)23-11(30)8(7-4-36-15(21)22-7)25-34-5-17(18,19)20;/h4,9,13H,2-3,5H2,1H3,(H2,21,22)(H,23,30)(H,32,33);1H/t9?,13-;/m0./s1. The Balaban J connectivity index is 0.00000400. The molecule has 1 saturated heterocycles. The summed E-state index contributed by atoms with van der Waals surface area (Å²) in [5, 5.41) is 27.5. The van der Waals surface area contributed by atoms with Crippen molar-refractivity contribution in [3.63, 3.8) is 0 Å². The van der Waals surface area contributed by atoms with Crippen molar-refractivity contribution in [1.82, 2.24) is 35.4 Å². The molecule has 0 radical (unpaired) electrons. The molecule has 2 aliphatic heterocycles. The maximum absolute atomic E-state index is 12.9. The molecule has 4 heterocycles. The highest BCUT2D eigenvalue weighted by Gasteiger charge is 2.54. The molecular formula is C17H17ClF3N9O5S3. The molecule has 0 aromatic carbocycles. The first-order valence-electron chi connectivity index (χ1n) is 10.0. The van der Waals surface area contributed by atoms with Gasteiger partial charge in [-0.25, -0.2) is 14.5 Å². The molecule has 0 saturated carbocycles. The second-order valence-electron chi connectivity index (χ2n) is 7.39. The number of thiazole rings is 1. The molecule has 0 spiro atoms. The fourth-order valence-corrected chi connectivity index (χ4v) is 6.15. The minimum absolute atomic E-state index is 0. The van der Waals surface area contributed by atoms with Crippen LogP contribution in [0.1, 0.15) is 5.69 Å². The van der Waals surface area contributed by atoms with E-state index in [0.717, 1.165) is 16.2 Å². The third kappa shape index (κ3) is 6.30. The van der Waals surface area contributed by atoms with Gasteiger partial charge in [0.25, 0.3) is 11.8 Å². The van der Waals surface area contributed by atoms with Crippen molar-refractivity contribution in [1.29, 1.82) is 0 Å². The van der Waals surface area contributed by atoms with E-state index < -0.39 is 47.7 Å². The zero-order valence-corrected chi connectivity index (χ0v) is 22.2. The van der Waals surface area contributed by atoms with E-state index in [-0.39, 0.29) is 40.4 Å². The maximum atomic E-state index is 12.9. The normalized spacial score (nSPS) is 19.4. The van der Waals surface area contributed by atoms with Crippen LogP contribution in [-0.4, -0.2) is 94.4 Å². The van der Waals surface area contributed by atoms with Gasteiger partial charge in [-0.15, -0.1) is 40.6 Å². The van der Waals surface area contributed by atoms with Crippen molar-refractivity contribution in [2.45, 2.75) is 22.7 Å². The number of amides is 2. The monoisotopic (exact) mass is 615 g/mol. The number of rotatable bonds is 9. The Morgan fingerprint density at radius 1 is 1.42 bits per heavy atom. The average molecular weight is 616 g/mol. The number of aromatic nitrogens is 5. The van der Waals surface area contributed by atoms with Crippen molar-refractivity contribution in [3.8, 4) is 0 Å². The first-order valence-corrected chi connectivity index (χ1v) is 12.9. The van der Waals surface area contributed by atoms with Crippen LogP contribution in [0.3, 0.4) is 0 Å². The van der Waals surface area contributed by atoms with Gasteiger partial charge in [-0.1, -0.05) is 16.9 Å². The molecule has 2 amide bonds. The van der Waals surface area contributed by atoms with Crippen molar-refractivity contribution < 1.29 is 37.5 Å². The number of alkyl halides is 3. The lowest BCUT2D eigenvalue weighted by atomic mass is 10.0. The van der Waals surface area contributed by atoms with Crippen LogP contribution in [0, 0.1) is 0 Å². The number of carboxylic acid groups (broad SMARTS) is 1. The number of fused-ring (bicyclic) bond motifs is 1. The van der Waals surface area contributed by atoms with E-state index in [1.165, 1.54) is 33.6 Å². The summed E-state index contributed by atoms with van der Waals surface area (Å²) in [6, 6.07) is -1.16. The number of hydrogen-bond donors (Lipinski definition) is 3. The predicted molar refractivity (Wildman–Crippen MR) is 132 cm³/mol. The molecule has 4 N–H and O–H groups in total. The summed E-state index contributed by atoms with van der Waals surface area (Å²) >= 11 is 3.32. The van der Waals surface area contributed by atoms with Gasteiger partial charge >= 0.3 is 12.1 Å². The largest absolute Gasteiger partial charge is 0.477 e. The van der Waals surface area contributed by atoms with Crippen LogP contribution in [0.2, 0.25) is 0 Å². The van der Waals surface area contributed by atoms with E-state index >= 15 is 0 Å². The number of anilines is 1. The molecule has 2 aliphatic rings. The minimum atomic E-state index is -4.70. The van der Waals surface area contributed by atoms with Crippen LogP contribution in [0.25, 0.3) is 0 Å². The zero-order valence-electron chi connectivity index (χ0n) is 18.9. The molecule has 2 aromatic heterocycles. The fraction of sp³-hybridized carbons (Fsp3) is 0.412. The number of hydrogen-bond acceptors (Lipinski definition) is 13. The van der Waals surface area contributed by atoms with Crippen molar-refractivity contribution in [2.75, 3.05) is 23.8 Å². The SMILES string of the molecule is Cl.Cn1nnnc1SCC1=C(C(=O)O)N2C(=O)C(NC(=O)C(=NOCC(F)(F)F)c3csc(N)n3)[C@@H]2SC1. The highest BCUT2D eigenvalue weighted by Crippen LogP contribution is 2.41. The lowest BCUT2D eigenvalue weighted by Crippen LogP contribution is -2.71. The number of aliphatic carboxylic acids is 1. The second kappa shape index (κ2) is 11.7. The zero-order chi connectivity index (χ0) is 26.9. The van der Waals surface area contributed by atoms with E-state index in [9.17, 15) is 32.7 Å². The quantitative estimate of drug-likeness (QED) is 0.153. The highest BCUT2D eigenvalue weighted by molar-refractivity contribution is 8.01. The van der Waals surface area contributed by atoms with Crippen LogP contribution in [0.4, 0.5) is 18.3 Å². The van der Waals surface area contributed by atoms with Gasteiger partial charge in [0, 0.05) is 23.9 Å². The molecule has 2 atom stereocenters. The topological polar surface area (TPSA) is 191 Å². The lowest BCUT2D eigenvalue weighted by molar-refractivity contribution is -0.174. The summed E-state index contributed by atoms with van der Waals surface area (Å²) in [5.74, 6) is -2.63. The number of aryl methyl sites for hydroxylation is 1. The minimum Gasteiger partial charge on any atom is -0.477 e. The molecule has 14 nitrogen and oxygen atoms in total. The number of carbonyl (C=O) groups excluding carboxylic acids is 2. The molecule has 2 aromatic rings. The lowest BCUT2D eigenvalue weighted by Gasteiger charge is -2.49. The van der Waals surface area contributed by atoms with Gasteiger partial charge < -0.3 is 21.0 Å². The Labute approximate surface area is 229 Å². The van der Waals surface area contributed by atoms with Crippen molar-refractivity contribution >= 4 is 75.9 Å². The smallest absolute Gasteiger partial charge is 0.425 e. The number of thioether (sulfide) groups is 2. The highest BCUT2D eigenvalue weighted by atomic mass is 35.5. The number of oxime groups is 1. The summed E-state index contributed by atoms with van der Waals surface area (Å²) in [5.41, 5.74) is 5.03. The van der Waals surface area contributed by atoms with Gasteiger partial charge in [-0.05, 0) is 16.0 Å². The second-order valence-corrected chi connectivity index (χ2v) is 10.3. The molecule has 1 unspecified atom stereocenters. The van der Waals surface area contributed by atoms with E-state index in [0.29, 0.717) is 10.7 Å². The molecule has 206 valence electrons. The first kappa shape index (κ1) is 29.5. The van der Waals surface area contributed by atoms with Gasteiger partial charge in [-0.3, -0.25) is 14.5 Å². The maximum Gasteiger partial charge on any atom is 0.425 e. The first-order chi connectivity index (χ1) is 17.5. The Morgan fingerprint density at radius 2 is 2.16 bits per heavy atom. The van der Waals surface area contributed by atoms with Gasteiger partial charge in [0.1, 0.15) is 22.8 Å². The Morgan fingerprint density at radius 3 is 2.74 bits per heavy atom. The third-order valence-corrected chi connectivity index (χ3v) is 7.97. The van der Waals surface area contributed by atoms with Crippen molar-refractivity contribution in [3.05, 3.63) is 22.3 Å². The average Bonchev–Trinajstić information content (AvgIpc) is 3.44. The van der Waals surface area contributed by atoms with Gasteiger partial charge in [0.05, 0.1) is 0 Å². The van der Waals surface area contributed by atoms with E-state index in [1.807, 2.05) is 0 Å². The van der Waals surface area contributed by atoms with E-state index in [1.54, 1.807) is 7.05 Å². The molecule has 4 rings (SSSR count). The summed E-state index contributed by atoms with van der Waals surface area (Å²) in [4.78, 5) is 46.9. The summed E-state index contributed by atoms with van der Waals surface area (Å²) in [6.07, 6.45) is -4.70. The van der Waals surface area contributed by atoms with Crippen LogP contribution < -0.4 is 11.1 Å². The number of β-lactam (4-membered cyclic amide) rings is 1. The number of nitrogens with zero attached hydrogens (tertiary/aromatic N) is 7. The van der Waals surface area contributed by atoms with E-state index in [4.69, 9.17) is 5.73 Å². The van der Waals surface area contributed by atoms with Gasteiger partial charge in [0.2, 0.25) is 11.8 Å². The van der Waals surface area contributed by atoms with Crippen LogP contribution in [-0.2, 0) is 26.3 Å². The van der Waals surface area contributed by atoms with Gasteiger partial charge in [0.15, 0.2) is 10.8 Å². The third-order valence-electron chi connectivity index (χ3n) is 4.86. The fourth-order valence-electron chi connectivity index (χ4n) is 3.27. The predicted octanol–water partition coefficient (Wildman–Crippen LogP) is 0.484. The molecule has 0 aliphatic carbocycles. The summed E-state index contributed by atoms with van der Waals surface area (Å²) in [7, 11) is 1.62. The molecule has 1 fully saturated rings. The Kier molecular flexibility index (Phi) is 9.10. The molecular weight excluding hydrogens is 599 g/mol. The number of halogens is 4. The number of carboxylic acids is 1. The number of tetrazole rings is 1. The number of nitrogen functional groups attached to an aromatic ring is 1. The summed E-state index contributed by atoms with van der Waals surface area (Å²) < 4.78 is 38.8. The molecule has 38 heavy (non-hydrogen) atoms. The Bertz CT molecular complexity index is 1300.